The number of thioether (sulfide) groups is 1. The van der Waals surface area contributed by atoms with E-state index in [0.717, 1.165) is 24.8 Å². The average Bonchev–Trinajstić information content (AvgIpc) is 2.86. The molecule has 3 rings (SSSR count). The van der Waals surface area contributed by atoms with E-state index in [9.17, 15) is 9.90 Å². The van der Waals surface area contributed by atoms with Gasteiger partial charge in [-0.1, -0.05) is 50.1 Å². The number of fused-ring (bicyclic) bond motifs is 1. The van der Waals surface area contributed by atoms with Crippen LogP contribution in [0.5, 0.6) is 0 Å². The van der Waals surface area contributed by atoms with E-state index in [4.69, 9.17) is 0 Å². The van der Waals surface area contributed by atoms with Crippen molar-refractivity contribution in [2.45, 2.75) is 42.8 Å². The van der Waals surface area contributed by atoms with Crippen molar-refractivity contribution < 1.29 is 9.90 Å². The van der Waals surface area contributed by atoms with Gasteiger partial charge in [0.1, 0.15) is 10.6 Å². The molecular weight excluding hydrogens is 306 g/mol. The number of aliphatic hydroxyl groups is 1. The van der Waals surface area contributed by atoms with Gasteiger partial charge in [-0.2, -0.15) is 0 Å². The van der Waals surface area contributed by atoms with Crippen LogP contribution in [0.4, 0.5) is 0 Å². The van der Waals surface area contributed by atoms with Gasteiger partial charge in [-0.15, -0.1) is 11.8 Å². The van der Waals surface area contributed by atoms with E-state index >= 15 is 0 Å². The lowest BCUT2D eigenvalue weighted by Crippen LogP contribution is -2.23. The summed E-state index contributed by atoms with van der Waals surface area (Å²) in [5, 5.41) is 11.4. The maximum atomic E-state index is 12.5. The number of carbonyl (C=O) groups is 1. The van der Waals surface area contributed by atoms with Crippen LogP contribution in [0.1, 0.15) is 59.5 Å². The highest BCUT2D eigenvalue weighted by Gasteiger charge is 2.44. The first kappa shape index (κ1) is 16.2. The Morgan fingerprint density at radius 2 is 2.04 bits per heavy atom. The number of nitrogens with zero attached hydrogens (tertiary/aromatic N) is 1. The van der Waals surface area contributed by atoms with E-state index in [2.05, 4.69) is 18.0 Å². The lowest BCUT2D eigenvalue weighted by atomic mass is 9.94. The molecule has 0 amide bonds. The van der Waals surface area contributed by atoms with Gasteiger partial charge in [-0.05, 0) is 29.7 Å². The van der Waals surface area contributed by atoms with E-state index in [1.807, 2.05) is 18.2 Å². The van der Waals surface area contributed by atoms with Gasteiger partial charge in [0.25, 0.3) is 0 Å². The van der Waals surface area contributed by atoms with Crippen molar-refractivity contribution in [3.8, 4) is 0 Å². The van der Waals surface area contributed by atoms with Crippen LogP contribution < -0.4 is 0 Å². The van der Waals surface area contributed by atoms with Crippen LogP contribution in [0.25, 0.3) is 0 Å². The SMILES string of the molecule is CCCCC1SC(O)(CC(=O)c2ccccn2)c2ccccc21. The first-order chi connectivity index (χ1) is 11.1. The van der Waals surface area contributed by atoms with Crippen molar-refractivity contribution in [1.82, 2.24) is 4.98 Å². The van der Waals surface area contributed by atoms with E-state index in [-0.39, 0.29) is 17.5 Å². The minimum atomic E-state index is -1.15. The highest BCUT2D eigenvalue weighted by Crippen LogP contribution is 2.56. The van der Waals surface area contributed by atoms with Gasteiger partial charge in [0.2, 0.25) is 0 Å². The third kappa shape index (κ3) is 3.33. The van der Waals surface area contributed by atoms with Crippen molar-refractivity contribution in [2.24, 2.45) is 0 Å². The second-order valence-electron chi connectivity index (χ2n) is 5.94. The average molecular weight is 327 g/mol. The van der Waals surface area contributed by atoms with Crippen molar-refractivity contribution in [3.05, 3.63) is 65.5 Å². The highest BCUT2D eigenvalue weighted by atomic mass is 32.2. The zero-order chi connectivity index (χ0) is 16.3. The molecule has 120 valence electrons. The zero-order valence-electron chi connectivity index (χ0n) is 13.2. The Balaban J connectivity index is 1.85. The van der Waals surface area contributed by atoms with E-state index < -0.39 is 4.93 Å². The summed E-state index contributed by atoms with van der Waals surface area (Å²) in [6.45, 7) is 2.17. The first-order valence-corrected chi connectivity index (χ1v) is 8.96. The maximum absolute atomic E-state index is 12.5. The number of unbranched alkanes of at least 4 members (excludes halogenated alkanes) is 1. The Hall–Kier alpha value is -1.65. The summed E-state index contributed by atoms with van der Waals surface area (Å²) in [5.41, 5.74) is 2.47. The third-order valence-electron chi connectivity index (χ3n) is 4.24. The van der Waals surface area contributed by atoms with Gasteiger partial charge in [0, 0.05) is 11.4 Å². The van der Waals surface area contributed by atoms with Gasteiger partial charge in [-0.25, -0.2) is 0 Å². The molecule has 0 aliphatic carbocycles. The Kier molecular flexibility index (Phi) is 4.83. The number of benzene rings is 1. The van der Waals surface area contributed by atoms with Crippen molar-refractivity contribution >= 4 is 17.5 Å². The lowest BCUT2D eigenvalue weighted by molar-refractivity contribution is 0.0809. The molecule has 0 radical (unpaired) electrons. The number of hydrogen-bond donors (Lipinski definition) is 1. The molecule has 0 fully saturated rings. The molecule has 4 heteroatoms. The molecule has 0 saturated heterocycles. The van der Waals surface area contributed by atoms with Crippen molar-refractivity contribution in [2.75, 3.05) is 0 Å². The Labute approximate surface area is 141 Å². The zero-order valence-corrected chi connectivity index (χ0v) is 14.1. The lowest BCUT2D eigenvalue weighted by Gasteiger charge is -2.23. The number of ketones is 1. The summed E-state index contributed by atoms with van der Waals surface area (Å²) in [7, 11) is 0. The predicted octanol–water partition coefficient (Wildman–Crippen LogP) is 4.48. The van der Waals surface area contributed by atoms with Crippen molar-refractivity contribution in [3.63, 3.8) is 0 Å². The predicted molar refractivity (Wildman–Crippen MR) is 93.4 cm³/mol. The molecule has 1 aromatic heterocycles. The molecular formula is C19H21NO2S. The van der Waals surface area contributed by atoms with E-state index in [1.165, 1.54) is 17.3 Å². The molecule has 2 heterocycles. The molecule has 0 saturated carbocycles. The van der Waals surface area contributed by atoms with E-state index in [1.54, 1.807) is 24.4 Å². The second-order valence-corrected chi connectivity index (χ2v) is 7.42. The van der Waals surface area contributed by atoms with Gasteiger partial charge >= 0.3 is 0 Å². The Bertz CT molecular complexity index is 689. The normalized spacial score (nSPS) is 22.8. The summed E-state index contributed by atoms with van der Waals surface area (Å²) < 4.78 is 0. The molecule has 2 aromatic rings. The van der Waals surface area contributed by atoms with Crippen molar-refractivity contribution in [1.29, 1.82) is 0 Å². The van der Waals surface area contributed by atoms with Crippen LogP contribution in [-0.2, 0) is 4.93 Å². The van der Waals surface area contributed by atoms with Crippen LogP contribution >= 0.6 is 11.8 Å². The van der Waals surface area contributed by atoms with Crippen LogP contribution in [0.2, 0.25) is 0 Å². The molecule has 1 aliphatic heterocycles. The summed E-state index contributed by atoms with van der Waals surface area (Å²) in [6.07, 6.45) is 4.95. The third-order valence-corrected chi connectivity index (χ3v) is 5.76. The fourth-order valence-corrected chi connectivity index (χ4v) is 4.69. The fourth-order valence-electron chi connectivity index (χ4n) is 3.07. The molecule has 1 N–H and O–H groups in total. The smallest absolute Gasteiger partial charge is 0.185 e. The minimum absolute atomic E-state index is 0.0638. The number of pyridine rings is 1. The topological polar surface area (TPSA) is 50.2 Å². The van der Waals surface area contributed by atoms with Crippen LogP contribution in [0.15, 0.2) is 48.7 Å². The molecule has 0 bridgehead atoms. The number of aromatic nitrogens is 1. The molecule has 2 atom stereocenters. The quantitative estimate of drug-likeness (QED) is 0.795. The molecule has 2 unspecified atom stereocenters. The van der Waals surface area contributed by atoms with Crippen LogP contribution in [0, 0.1) is 0 Å². The summed E-state index contributed by atoms with van der Waals surface area (Å²) >= 11 is 1.51. The number of carbonyl (C=O) groups excluding carboxylic acids is 1. The standard InChI is InChI=1S/C19H21NO2S/c1-2-3-11-18-14-8-4-5-9-15(14)19(22,23-18)13-17(21)16-10-6-7-12-20-16/h4-10,12,18,22H,2-3,11,13H2,1H3. The highest BCUT2D eigenvalue weighted by molar-refractivity contribution is 8.00. The molecule has 23 heavy (non-hydrogen) atoms. The number of Topliss-reactive ketones (excluding diaryl/α,β-unsaturated/α-hetero) is 1. The largest absolute Gasteiger partial charge is 0.375 e. The molecule has 0 spiro atoms. The van der Waals surface area contributed by atoms with Gasteiger partial charge in [0.05, 0.1) is 6.42 Å². The number of hydrogen-bond acceptors (Lipinski definition) is 4. The molecule has 1 aromatic carbocycles. The number of rotatable bonds is 6. The second kappa shape index (κ2) is 6.85. The summed E-state index contributed by atoms with van der Waals surface area (Å²) in [4.78, 5) is 15.5. The molecule has 1 aliphatic rings. The van der Waals surface area contributed by atoms with Gasteiger partial charge in [0.15, 0.2) is 5.78 Å². The maximum Gasteiger partial charge on any atom is 0.185 e. The monoisotopic (exact) mass is 327 g/mol. The van der Waals surface area contributed by atoms with Gasteiger partial charge < -0.3 is 5.11 Å². The molecule has 3 nitrogen and oxygen atoms in total. The first-order valence-electron chi connectivity index (χ1n) is 8.08. The van der Waals surface area contributed by atoms with Gasteiger partial charge in [-0.3, -0.25) is 9.78 Å². The fraction of sp³-hybridized carbons (Fsp3) is 0.368. The van der Waals surface area contributed by atoms with E-state index in [0.29, 0.717) is 5.69 Å². The summed E-state index contributed by atoms with van der Waals surface area (Å²) in [5.74, 6) is -0.119. The Morgan fingerprint density at radius 3 is 2.78 bits per heavy atom. The van der Waals surface area contributed by atoms with Crippen LogP contribution in [0.3, 0.4) is 0 Å². The van der Waals surface area contributed by atoms with Crippen LogP contribution in [-0.4, -0.2) is 15.9 Å². The Morgan fingerprint density at radius 1 is 1.26 bits per heavy atom. The minimum Gasteiger partial charge on any atom is -0.375 e. The summed E-state index contributed by atoms with van der Waals surface area (Å²) in [6, 6.07) is 13.2.